The quantitative estimate of drug-likeness (QED) is 0.905. The number of rotatable bonds is 4. The Labute approximate surface area is 104 Å². The van der Waals surface area contributed by atoms with Gasteiger partial charge >= 0.3 is 0 Å². The second kappa shape index (κ2) is 5.80. The molecule has 0 aliphatic rings. The lowest BCUT2D eigenvalue weighted by Gasteiger charge is -2.13. The summed E-state index contributed by atoms with van der Waals surface area (Å²) in [7, 11) is 0. The summed E-state index contributed by atoms with van der Waals surface area (Å²) in [5, 5.41) is 1.32. The minimum Gasteiger partial charge on any atom is -0.490 e. The van der Waals surface area contributed by atoms with Gasteiger partial charge in [-0.3, -0.25) is 0 Å². The van der Waals surface area contributed by atoms with E-state index in [-0.39, 0.29) is 5.92 Å². The van der Waals surface area contributed by atoms with E-state index < -0.39 is 0 Å². The highest BCUT2D eigenvalue weighted by atomic mass is 35.5. The Morgan fingerprint density at radius 1 is 1.27 bits per heavy atom. The van der Waals surface area contributed by atoms with Crippen molar-refractivity contribution in [1.29, 1.82) is 0 Å². The van der Waals surface area contributed by atoms with Crippen molar-refractivity contribution in [2.24, 2.45) is 11.7 Å². The van der Waals surface area contributed by atoms with Crippen molar-refractivity contribution < 1.29 is 4.74 Å². The third-order valence-corrected chi connectivity index (χ3v) is 2.66. The summed E-state index contributed by atoms with van der Waals surface area (Å²) in [5.41, 5.74) is 5.47. The van der Waals surface area contributed by atoms with E-state index in [1.54, 1.807) is 12.1 Å². The molecule has 1 atom stereocenters. The van der Waals surface area contributed by atoms with Crippen LogP contribution in [-0.4, -0.2) is 13.2 Å². The summed E-state index contributed by atoms with van der Waals surface area (Å²) < 4.78 is 5.47. The molecule has 0 aromatic heterocycles. The van der Waals surface area contributed by atoms with E-state index in [1.807, 2.05) is 6.92 Å². The largest absolute Gasteiger partial charge is 0.490 e. The number of nitrogens with two attached hydrogens (primary N) is 1. The molecule has 1 unspecified atom stereocenters. The normalized spacial score (nSPS) is 12.6. The Morgan fingerprint density at radius 2 is 1.80 bits per heavy atom. The Kier molecular flexibility index (Phi) is 5.00. The van der Waals surface area contributed by atoms with Crippen molar-refractivity contribution in [2.75, 3.05) is 13.2 Å². The molecular weight excluding hydrogens is 256 g/mol. The fraction of sp³-hybridized carbons (Fsp3) is 0.400. The molecule has 15 heavy (non-hydrogen) atoms. The Hall–Kier alpha value is -0.150. The molecule has 5 heteroatoms. The van der Waals surface area contributed by atoms with Crippen molar-refractivity contribution in [3.05, 3.63) is 27.2 Å². The minimum atomic E-state index is 0.257. The molecule has 2 nitrogen and oxygen atoms in total. The van der Waals surface area contributed by atoms with Crippen LogP contribution in [0.4, 0.5) is 0 Å². The fourth-order valence-electron chi connectivity index (χ4n) is 0.960. The molecule has 84 valence electrons. The van der Waals surface area contributed by atoms with Gasteiger partial charge in [-0.25, -0.2) is 0 Å². The van der Waals surface area contributed by atoms with Crippen molar-refractivity contribution >= 4 is 34.8 Å². The van der Waals surface area contributed by atoms with Crippen LogP contribution in [0, 0.1) is 5.92 Å². The minimum absolute atomic E-state index is 0.257. The van der Waals surface area contributed by atoms with Crippen LogP contribution in [0.15, 0.2) is 12.1 Å². The van der Waals surface area contributed by atoms with Gasteiger partial charge in [-0.1, -0.05) is 41.7 Å². The van der Waals surface area contributed by atoms with Crippen LogP contribution in [0.5, 0.6) is 5.75 Å². The SMILES string of the molecule is CC(CN)COc1c(Cl)cc(Cl)cc1Cl. The monoisotopic (exact) mass is 267 g/mol. The first-order valence-electron chi connectivity index (χ1n) is 4.52. The van der Waals surface area contributed by atoms with Crippen LogP contribution in [0.1, 0.15) is 6.92 Å². The average Bonchev–Trinajstić information content (AvgIpc) is 2.15. The molecule has 0 amide bonds. The highest BCUT2D eigenvalue weighted by molar-refractivity contribution is 6.40. The molecule has 1 aromatic rings. The van der Waals surface area contributed by atoms with Gasteiger partial charge in [-0.15, -0.1) is 0 Å². The predicted octanol–water partition coefficient (Wildman–Crippen LogP) is 3.62. The van der Waals surface area contributed by atoms with E-state index >= 15 is 0 Å². The van der Waals surface area contributed by atoms with Gasteiger partial charge in [0.05, 0.1) is 16.7 Å². The zero-order chi connectivity index (χ0) is 11.4. The topological polar surface area (TPSA) is 35.2 Å². The standard InChI is InChI=1S/C10H12Cl3NO/c1-6(4-14)5-15-10-8(12)2-7(11)3-9(10)13/h2-3,6H,4-5,14H2,1H3. The third kappa shape index (κ3) is 3.72. The van der Waals surface area contributed by atoms with Crippen molar-refractivity contribution in [1.82, 2.24) is 0 Å². The maximum absolute atomic E-state index is 5.94. The van der Waals surface area contributed by atoms with E-state index in [0.717, 1.165) is 0 Å². The molecule has 0 bridgehead atoms. The highest BCUT2D eigenvalue weighted by Gasteiger charge is 2.10. The maximum atomic E-state index is 5.94. The second-order valence-corrected chi connectivity index (χ2v) is 4.60. The summed E-state index contributed by atoms with van der Waals surface area (Å²) in [6, 6.07) is 3.19. The molecule has 0 fully saturated rings. The molecule has 0 saturated heterocycles. The molecule has 1 rings (SSSR count). The van der Waals surface area contributed by atoms with E-state index in [0.29, 0.717) is 34.0 Å². The molecule has 0 spiro atoms. The average molecular weight is 269 g/mol. The summed E-state index contributed by atoms with van der Waals surface area (Å²) in [6.45, 7) is 3.03. The molecule has 2 N–H and O–H groups in total. The van der Waals surface area contributed by atoms with Gasteiger partial charge in [0.25, 0.3) is 0 Å². The van der Waals surface area contributed by atoms with Gasteiger partial charge in [0, 0.05) is 10.9 Å². The number of ether oxygens (including phenoxy) is 1. The van der Waals surface area contributed by atoms with Gasteiger partial charge < -0.3 is 10.5 Å². The molecule has 0 heterocycles. The fourth-order valence-corrected chi connectivity index (χ4v) is 1.89. The van der Waals surface area contributed by atoms with Crippen molar-refractivity contribution in [3.8, 4) is 5.75 Å². The van der Waals surface area contributed by atoms with Crippen LogP contribution in [0.2, 0.25) is 15.1 Å². The predicted molar refractivity (Wildman–Crippen MR) is 65.2 cm³/mol. The van der Waals surface area contributed by atoms with E-state index in [2.05, 4.69) is 0 Å². The van der Waals surface area contributed by atoms with Crippen LogP contribution in [0.3, 0.4) is 0 Å². The number of hydrogen-bond donors (Lipinski definition) is 1. The second-order valence-electron chi connectivity index (χ2n) is 3.35. The van der Waals surface area contributed by atoms with Crippen LogP contribution in [-0.2, 0) is 0 Å². The van der Waals surface area contributed by atoms with Gasteiger partial charge in [-0.2, -0.15) is 0 Å². The van der Waals surface area contributed by atoms with Crippen LogP contribution < -0.4 is 10.5 Å². The third-order valence-electron chi connectivity index (χ3n) is 1.88. The Balaban J connectivity index is 2.77. The number of benzene rings is 1. The highest BCUT2D eigenvalue weighted by Crippen LogP contribution is 2.35. The lowest BCUT2D eigenvalue weighted by atomic mass is 10.2. The summed E-state index contributed by atoms with van der Waals surface area (Å²) in [4.78, 5) is 0. The first-order valence-corrected chi connectivity index (χ1v) is 5.65. The Morgan fingerprint density at radius 3 is 2.27 bits per heavy atom. The molecular formula is C10H12Cl3NO. The molecule has 0 saturated carbocycles. The van der Waals surface area contributed by atoms with Gasteiger partial charge in [0.1, 0.15) is 0 Å². The van der Waals surface area contributed by atoms with Gasteiger partial charge in [0.2, 0.25) is 0 Å². The number of hydrogen-bond acceptors (Lipinski definition) is 2. The summed E-state index contributed by atoms with van der Waals surface area (Å²) in [5.74, 6) is 0.718. The zero-order valence-corrected chi connectivity index (χ0v) is 10.5. The molecule has 0 aliphatic heterocycles. The first kappa shape index (κ1) is 12.9. The number of halogens is 3. The lowest BCUT2D eigenvalue weighted by molar-refractivity contribution is 0.264. The lowest BCUT2D eigenvalue weighted by Crippen LogP contribution is -2.18. The zero-order valence-electron chi connectivity index (χ0n) is 8.27. The van der Waals surface area contributed by atoms with Crippen molar-refractivity contribution in [2.45, 2.75) is 6.92 Å². The molecule has 1 aromatic carbocycles. The first-order chi connectivity index (χ1) is 7.04. The summed E-state index contributed by atoms with van der Waals surface area (Å²) in [6.07, 6.45) is 0. The smallest absolute Gasteiger partial charge is 0.156 e. The van der Waals surface area contributed by atoms with Gasteiger partial charge in [0.15, 0.2) is 5.75 Å². The maximum Gasteiger partial charge on any atom is 0.156 e. The van der Waals surface area contributed by atoms with Gasteiger partial charge in [-0.05, 0) is 18.7 Å². The Bertz CT molecular complexity index is 320. The van der Waals surface area contributed by atoms with E-state index in [9.17, 15) is 0 Å². The molecule has 0 radical (unpaired) electrons. The van der Waals surface area contributed by atoms with Crippen LogP contribution >= 0.6 is 34.8 Å². The van der Waals surface area contributed by atoms with E-state index in [4.69, 9.17) is 45.3 Å². The van der Waals surface area contributed by atoms with Crippen LogP contribution in [0.25, 0.3) is 0 Å². The molecule has 0 aliphatic carbocycles. The van der Waals surface area contributed by atoms with Crippen molar-refractivity contribution in [3.63, 3.8) is 0 Å². The summed E-state index contributed by atoms with van der Waals surface area (Å²) >= 11 is 17.6. The van der Waals surface area contributed by atoms with E-state index in [1.165, 1.54) is 0 Å².